The van der Waals surface area contributed by atoms with Crippen molar-refractivity contribution < 1.29 is 4.79 Å². The molecule has 0 saturated heterocycles. The van der Waals surface area contributed by atoms with Gasteiger partial charge in [-0.25, -0.2) is 0 Å². The Morgan fingerprint density at radius 1 is 1.50 bits per heavy atom. The third-order valence-corrected chi connectivity index (χ3v) is 4.43. The molecule has 98 valence electrons. The topological polar surface area (TPSA) is 46.3 Å². The molecule has 1 amide bonds. The van der Waals surface area contributed by atoms with Gasteiger partial charge in [-0.3, -0.25) is 4.79 Å². The summed E-state index contributed by atoms with van der Waals surface area (Å²) in [4.78, 5) is 15.3. The minimum Gasteiger partial charge on any atom is -0.330 e. The largest absolute Gasteiger partial charge is 0.330 e. The summed E-state index contributed by atoms with van der Waals surface area (Å²) in [5.74, 6) is 0.135. The lowest BCUT2D eigenvalue weighted by Crippen LogP contribution is -2.39. The standard InChI is InChI=1S/C14H20N2OS/c1-9-6-10(2)14-12(7-9)16(8-11(3)18-14)13(17)4-5-15/h6-7,11H,4-5,8,15H2,1-3H3. The van der Waals surface area contributed by atoms with Crippen LogP contribution < -0.4 is 10.6 Å². The maximum Gasteiger partial charge on any atom is 0.228 e. The Morgan fingerprint density at radius 2 is 2.22 bits per heavy atom. The summed E-state index contributed by atoms with van der Waals surface area (Å²) in [5, 5.41) is 0.431. The fourth-order valence-electron chi connectivity index (χ4n) is 2.37. The minimum absolute atomic E-state index is 0.135. The molecule has 1 unspecified atom stereocenters. The van der Waals surface area contributed by atoms with Crippen LogP contribution in [0.1, 0.15) is 24.5 Å². The number of hydrogen-bond donors (Lipinski definition) is 1. The monoisotopic (exact) mass is 264 g/mol. The zero-order chi connectivity index (χ0) is 13.3. The first kappa shape index (κ1) is 13.4. The molecule has 1 heterocycles. The molecule has 2 rings (SSSR count). The zero-order valence-electron chi connectivity index (χ0n) is 11.2. The summed E-state index contributed by atoms with van der Waals surface area (Å²) in [5.41, 5.74) is 9.02. The lowest BCUT2D eigenvalue weighted by Gasteiger charge is -2.34. The first-order chi connectivity index (χ1) is 8.52. The number of benzene rings is 1. The number of anilines is 1. The summed E-state index contributed by atoms with van der Waals surface area (Å²) in [6.07, 6.45) is 0.420. The van der Waals surface area contributed by atoms with Crippen LogP contribution in [-0.4, -0.2) is 24.2 Å². The number of hydrogen-bond acceptors (Lipinski definition) is 3. The van der Waals surface area contributed by atoms with Crippen molar-refractivity contribution in [2.75, 3.05) is 18.0 Å². The minimum atomic E-state index is 0.135. The maximum absolute atomic E-state index is 12.2. The lowest BCUT2D eigenvalue weighted by molar-refractivity contribution is -0.118. The molecule has 1 aliphatic heterocycles. The Labute approximate surface area is 113 Å². The molecule has 1 atom stereocenters. The summed E-state index contributed by atoms with van der Waals surface area (Å²) < 4.78 is 0. The smallest absolute Gasteiger partial charge is 0.228 e. The van der Waals surface area contributed by atoms with Gasteiger partial charge >= 0.3 is 0 Å². The van der Waals surface area contributed by atoms with E-state index >= 15 is 0 Å². The molecule has 0 bridgehead atoms. The average molecular weight is 264 g/mol. The molecular formula is C14H20N2OS. The second kappa shape index (κ2) is 5.33. The molecule has 0 radical (unpaired) electrons. The van der Waals surface area contributed by atoms with Crippen LogP contribution in [0.2, 0.25) is 0 Å². The molecule has 0 saturated carbocycles. The number of rotatable bonds is 2. The van der Waals surface area contributed by atoms with Gasteiger partial charge in [0.1, 0.15) is 0 Å². The molecule has 18 heavy (non-hydrogen) atoms. The van der Waals surface area contributed by atoms with Crippen molar-refractivity contribution in [3.05, 3.63) is 23.3 Å². The number of carbonyl (C=O) groups excluding carboxylic acids is 1. The highest BCUT2D eigenvalue weighted by atomic mass is 32.2. The summed E-state index contributed by atoms with van der Waals surface area (Å²) in [6, 6.07) is 4.28. The van der Waals surface area contributed by atoms with Crippen molar-refractivity contribution in [1.29, 1.82) is 0 Å². The second-order valence-corrected chi connectivity index (χ2v) is 6.35. The van der Waals surface area contributed by atoms with Gasteiger partial charge in [-0.1, -0.05) is 13.0 Å². The van der Waals surface area contributed by atoms with Crippen LogP contribution in [0.3, 0.4) is 0 Å². The van der Waals surface area contributed by atoms with Crippen LogP contribution in [0.4, 0.5) is 5.69 Å². The van der Waals surface area contributed by atoms with Crippen LogP contribution in [0.15, 0.2) is 17.0 Å². The van der Waals surface area contributed by atoms with E-state index in [1.807, 2.05) is 16.7 Å². The SMILES string of the molecule is Cc1cc(C)c2c(c1)N(C(=O)CCN)CC(C)S2. The van der Waals surface area contributed by atoms with Crippen molar-refractivity contribution in [2.45, 2.75) is 37.3 Å². The van der Waals surface area contributed by atoms with E-state index in [0.717, 1.165) is 12.2 Å². The van der Waals surface area contributed by atoms with Crippen molar-refractivity contribution in [3.8, 4) is 0 Å². The van der Waals surface area contributed by atoms with Gasteiger partial charge in [0.15, 0.2) is 0 Å². The predicted octanol–water partition coefficient (Wildman–Crippen LogP) is 2.48. The number of carbonyl (C=O) groups is 1. The van der Waals surface area contributed by atoms with Crippen LogP contribution >= 0.6 is 11.8 Å². The molecule has 0 fully saturated rings. The van der Waals surface area contributed by atoms with Crippen LogP contribution in [0, 0.1) is 13.8 Å². The first-order valence-electron chi connectivity index (χ1n) is 6.31. The van der Waals surface area contributed by atoms with Gasteiger partial charge in [0.2, 0.25) is 5.91 Å². The Morgan fingerprint density at radius 3 is 2.89 bits per heavy atom. The maximum atomic E-state index is 12.2. The highest BCUT2D eigenvalue weighted by Gasteiger charge is 2.27. The Kier molecular flexibility index (Phi) is 3.97. The van der Waals surface area contributed by atoms with Crippen molar-refractivity contribution in [3.63, 3.8) is 0 Å². The number of amides is 1. The van der Waals surface area contributed by atoms with Crippen LogP contribution in [0.25, 0.3) is 0 Å². The fraction of sp³-hybridized carbons (Fsp3) is 0.500. The third-order valence-electron chi connectivity index (χ3n) is 3.11. The molecule has 0 aromatic heterocycles. The number of nitrogens with two attached hydrogens (primary N) is 1. The van der Waals surface area contributed by atoms with Gasteiger partial charge in [0.05, 0.1) is 5.69 Å². The van der Waals surface area contributed by atoms with E-state index in [0.29, 0.717) is 18.2 Å². The molecule has 2 N–H and O–H groups in total. The number of fused-ring (bicyclic) bond motifs is 1. The first-order valence-corrected chi connectivity index (χ1v) is 7.19. The van der Waals surface area contributed by atoms with Crippen molar-refractivity contribution in [2.24, 2.45) is 5.73 Å². The van der Waals surface area contributed by atoms with Gasteiger partial charge in [0.25, 0.3) is 0 Å². The second-order valence-electron chi connectivity index (χ2n) is 4.90. The molecule has 3 nitrogen and oxygen atoms in total. The van der Waals surface area contributed by atoms with Crippen LogP contribution in [-0.2, 0) is 4.79 Å². The summed E-state index contributed by atoms with van der Waals surface area (Å²) in [7, 11) is 0. The van der Waals surface area contributed by atoms with E-state index in [1.165, 1.54) is 16.0 Å². The number of thioether (sulfide) groups is 1. The van der Waals surface area contributed by atoms with Gasteiger partial charge in [0, 0.05) is 29.7 Å². The Balaban J connectivity index is 2.44. The molecule has 0 spiro atoms. The van der Waals surface area contributed by atoms with Gasteiger partial charge in [-0.05, 0) is 31.0 Å². The van der Waals surface area contributed by atoms with E-state index in [4.69, 9.17) is 5.73 Å². The zero-order valence-corrected chi connectivity index (χ0v) is 12.0. The van der Waals surface area contributed by atoms with E-state index in [1.54, 1.807) is 0 Å². The normalized spacial score (nSPS) is 18.7. The van der Waals surface area contributed by atoms with E-state index in [-0.39, 0.29) is 5.91 Å². The van der Waals surface area contributed by atoms with Crippen molar-refractivity contribution in [1.82, 2.24) is 0 Å². The van der Waals surface area contributed by atoms with E-state index < -0.39 is 0 Å². The van der Waals surface area contributed by atoms with E-state index in [2.05, 4.69) is 32.9 Å². The number of nitrogens with zero attached hydrogens (tertiary/aromatic N) is 1. The van der Waals surface area contributed by atoms with Gasteiger partial charge < -0.3 is 10.6 Å². The Bertz CT molecular complexity index is 473. The molecular weight excluding hydrogens is 244 g/mol. The van der Waals surface area contributed by atoms with Gasteiger partial charge in [-0.15, -0.1) is 11.8 Å². The fourth-order valence-corrected chi connectivity index (χ4v) is 3.53. The third kappa shape index (κ3) is 2.54. The quantitative estimate of drug-likeness (QED) is 0.892. The Hall–Kier alpha value is -1.000. The lowest BCUT2D eigenvalue weighted by atomic mass is 10.1. The molecule has 4 heteroatoms. The molecule has 1 aliphatic rings. The highest BCUT2D eigenvalue weighted by molar-refractivity contribution is 8.00. The van der Waals surface area contributed by atoms with Gasteiger partial charge in [-0.2, -0.15) is 0 Å². The predicted molar refractivity (Wildman–Crippen MR) is 77.3 cm³/mol. The summed E-state index contributed by atoms with van der Waals surface area (Å²) in [6.45, 7) is 7.54. The molecule has 0 aliphatic carbocycles. The molecule has 1 aromatic carbocycles. The highest BCUT2D eigenvalue weighted by Crippen LogP contribution is 2.41. The van der Waals surface area contributed by atoms with Crippen LogP contribution in [0.5, 0.6) is 0 Å². The summed E-state index contributed by atoms with van der Waals surface area (Å²) >= 11 is 1.86. The van der Waals surface area contributed by atoms with E-state index in [9.17, 15) is 4.79 Å². The average Bonchev–Trinajstić information content (AvgIpc) is 2.29. The number of aryl methyl sites for hydroxylation is 2. The van der Waals surface area contributed by atoms with Crippen molar-refractivity contribution >= 4 is 23.4 Å². The molecule has 1 aromatic rings.